The molecule has 3 rings (SSSR count). The van der Waals surface area contributed by atoms with E-state index in [0.29, 0.717) is 17.2 Å². The molecule has 6 nitrogen and oxygen atoms in total. The van der Waals surface area contributed by atoms with Crippen LogP contribution in [0.4, 0.5) is 0 Å². The smallest absolute Gasteiger partial charge is 0.256 e. The lowest BCUT2D eigenvalue weighted by molar-refractivity contribution is 0.0888. The minimum Gasteiger partial charge on any atom is -0.474 e. The van der Waals surface area contributed by atoms with Gasteiger partial charge in [-0.05, 0) is 38.7 Å². The standard InChI is InChI=1S/C16H19N3O3/c1-11-14(10-18-22-11)16(20)19-12-5-7-13(8-6-12)21-15-4-2-3-9-17-15/h2-4,9-10,12-13H,5-8H2,1H3,(H,19,20). The largest absolute Gasteiger partial charge is 0.474 e. The molecule has 1 saturated carbocycles. The molecule has 0 aromatic carbocycles. The molecule has 1 aliphatic carbocycles. The van der Waals surface area contributed by atoms with Crippen LogP contribution in [0, 0.1) is 6.92 Å². The minimum absolute atomic E-state index is 0.118. The molecule has 2 aromatic heterocycles. The Bertz CT molecular complexity index is 619. The van der Waals surface area contributed by atoms with Gasteiger partial charge < -0.3 is 14.6 Å². The van der Waals surface area contributed by atoms with Crippen LogP contribution in [0.3, 0.4) is 0 Å². The Morgan fingerprint density at radius 3 is 2.77 bits per heavy atom. The maximum Gasteiger partial charge on any atom is 0.256 e. The summed E-state index contributed by atoms with van der Waals surface area (Å²) in [5, 5.41) is 6.67. The van der Waals surface area contributed by atoms with Gasteiger partial charge in [-0.2, -0.15) is 0 Å². The van der Waals surface area contributed by atoms with E-state index in [1.807, 2.05) is 18.2 Å². The van der Waals surface area contributed by atoms with Gasteiger partial charge in [0, 0.05) is 18.3 Å². The summed E-state index contributed by atoms with van der Waals surface area (Å²) in [6.07, 6.45) is 6.96. The van der Waals surface area contributed by atoms with Crippen molar-refractivity contribution in [3.05, 3.63) is 41.9 Å². The van der Waals surface area contributed by atoms with Crippen LogP contribution in [-0.2, 0) is 0 Å². The maximum absolute atomic E-state index is 12.1. The van der Waals surface area contributed by atoms with E-state index < -0.39 is 0 Å². The van der Waals surface area contributed by atoms with Crippen LogP contribution in [-0.4, -0.2) is 28.2 Å². The number of carbonyl (C=O) groups is 1. The first kappa shape index (κ1) is 14.6. The third kappa shape index (κ3) is 3.44. The molecule has 2 aromatic rings. The van der Waals surface area contributed by atoms with Crippen LogP contribution in [0.25, 0.3) is 0 Å². The van der Waals surface area contributed by atoms with Crippen molar-refractivity contribution in [3.8, 4) is 5.88 Å². The molecule has 1 amide bonds. The third-order valence-electron chi connectivity index (χ3n) is 3.93. The second-order valence-electron chi connectivity index (χ2n) is 5.53. The summed E-state index contributed by atoms with van der Waals surface area (Å²) in [7, 11) is 0. The zero-order valence-electron chi connectivity index (χ0n) is 12.5. The highest BCUT2D eigenvalue weighted by Gasteiger charge is 2.25. The molecule has 1 fully saturated rings. The van der Waals surface area contributed by atoms with Crippen molar-refractivity contribution >= 4 is 5.91 Å². The summed E-state index contributed by atoms with van der Waals surface area (Å²) >= 11 is 0. The zero-order chi connectivity index (χ0) is 15.4. The van der Waals surface area contributed by atoms with E-state index in [-0.39, 0.29) is 18.1 Å². The molecule has 0 spiro atoms. The van der Waals surface area contributed by atoms with E-state index in [4.69, 9.17) is 9.26 Å². The van der Waals surface area contributed by atoms with E-state index >= 15 is 0 Å². The SMILES string of the molecule is Cc1oncc1C(=O)NC1CCC(Oc2ccccn2)CC1. The maximum atomic E-state index is 12.1. The van der Waals surface area contributed by atoms with Crippen molar-refractivity contribution in [1.29, 1.82) is 0 Å². The van der Waals surface area contributed by atoms with Gasteiger partial charge in [-0.1, -0.05) is 11.2 Å². The lowest BCUT2D eigenvalue weighted by Gasteiger charge is -2.29. The Morgan fingerprint density at radius 1 is 1.32 bits per heavy atom. The van der Waals surface area contributed by atoms with E-state index in [1.54, 1.807) is 13.1 Å². The molecular weight excluding hydrogens is 282 g/mol. The topological polar surface area (TPSA) is 77.2 Å². The summed E-state index contributed by atoms with van der Waals surface area (Å²) in [4.78, 5) is 16.3. The molecule has 0 aliphatic heterocycles. The number of hydrogen-bond acceptors (Lipinski definition) is 5. The summed E-state index contributed by atoms with van der Waals surface area (Å²) in [6.45, 7) is 1.74. The number of nitrogens with one attached hydrogen (secondary N) is 1. The fourth-order valence-corrected chi connectivity index (χ4v) is 2.69. The summed E-state index contributed by atoms with van der Waals surface area (Å²) in [6, 6.07) is 5.81. The monoisotopic (exact) mass is 301 g/mol. The fourth-order valence-electron chi connectivity index (χ4n) is 2.69. The molecule has 0 radical (unpaired) electrons. The average Bonchev–Trinajstić information content (AvgIpc) is 2.96. The highest BCUT2D eigenvalue weighted by Crippen LogP contribution is 2.23. The van der Waals surface area contributed by atoms with Crippen LogP contribution < -0.4 is 10.1 Å². The van der Waals surface area contributed by atoms with Gasteiger partial charge in [0.25, 0.3) is 5.91 Å². The number of carbonyl (C=O) groups excluding carboxylic acids is 1. The molecule has 116 valence electrons. The predicted molar refractivity (Wildman–Crippen MR) is 79.6 cm³/mol. The molecular formula is C16H19N3O3. The molecule has 0 atom stereocenters. The second-order valence-corrected chi connectivity index (χ2v) is 5.53. The summed E-state index contributed by atoms with van der Waals surface area (Å²) in [5.74, 6) is 1.09. The number of aryl methyl sites for hydroxylation is 1. The molecule has 1 N–H and O–H groups in total. The Kier molecular flexibility index (Phi) is 4.37. The Balaban J connectivity index is 1.48. The quantitative estimate of drug-likeness (QED) is 0.938. The molecule has 1 aliphatic rings. The number of aromatic nitrogens is 2. The summed E-state index contributed by atoms with van der Waals surface area (Å²) in [5.41, 5.74) is 0.506. The van der Waals surface area contributed by atoms with Crippen LogP contribution >= 0.6 is 0 Å². The Hall–Kier alpha value is -2.37. The highest BCUT2D eigenvalue weighted by molar-refractivity contribution is 5.94. The first-order valence-corrected chi connectivity index (χ1v) is 7.52. The molecule has 0 bridgehead atoms. The van der Waals surface area contributed by atoms with Gasteiger partial charge in [0.2, 0.25) is 5.88 Å². The minimum atomic E-state index is -0.118. The number of pyridine rings is 1. The second kappa shape index (κ2) is 6.60. The van der Waals surface area contributed by atoms with Crippen LogP contribution in [0.15, 0.2) is 35.1 Å². The van der Waals surface area contributed by atoms with Crippen molar-refractivity contribution < 1.29 is 14.1 Å². The third-order valence-corrected chi connectivity index (χ3v) is 3.93. The van der Waals surface area contributed by atoms with Crippen LogP contribution in [0.5, 0.6) is 5.88 Å². The Labute approximate surface area is 128 Å². The van der Waals surface area contributed by atoms with Gasteiger partial charge in [-0.3, -0.25) is 4.79 Å². The van der Waals surface area contributed by atoms with Gasteiger partial charge in [0.1, 0.15) is 17.4 Å². The normalized spacial score (nSPS) is 21.3. The number of ether oxygens (including phenoxy) is 1. The molecule has 0 unspecified atom stereocenters. The highest BCUT2D eigenvalue weighted by atomic mass is 16.5. The first-order valence-electron chi connectivity index (χ1n) is 7.52. The van der Waals surface area contributed by atoms with Gasteiger partial charge in [0.05, 0.1) is 6.20 Å². The lowest BCUT2D eigenvalue weighted by atomic mass is 9.92. The van der Waals surface area contributed by atoms with Crippen LogP contribution in [0.1, 0.15) is 41.8 Å². The summed E-state index contributed by atoms with van der Waals surface area (Å²) < 4.78 is 10.8. The number of hydrogen-bond donors (Lipinski definition) is 1. The number of rotatable bonds is 4. The molecule has 2 heterocycles. The van der Waals surface area contributed by atoms with Gasteiger partial charge in [0.15, 0.2) is 0 Å². The molecule has 22 heavy (non-hydrogen) atoms. The van der Waals surface area contributed by atoms with Crippen molar-refractivity contribution in [2.75, 3.05) is 0 Å². The number of amides is 1. The predicted octanol–water partition coefficient (Wildman–Crippen LogP) is 2.50. The van der Waals surface area contributed by atoms with E-state index in [9.17, 15) is 4.79 Å². The van der Waals surface area contributed by atoms with Crippen LogP contribution in [0.2, 0.25) is 0 Å². The van der Waals surface area contributed by atoms with Crippen molar-refractivity contribution in [2.24, 2.45) is 0 Å². The first-order chi connectivity index (χ1) is 10.7. The number of nitrogens with zero attached hydrogens (tertiary/aromatic N) is 2. The van der Waals surface area contributed by atoms with Crippen molar-refractivity contribution in [3.63, 3.8) is 0 Å². The van der Waals surface area contributed by atoms with Gasteiger partial charge in [-0.25, -0.2) is 4.98 Å². The zero-order valence-corrected chi connectivity index (χ0v) is 12.5. The average molecular weight is 301 g/mol. The van der Waals surface area contributed by atoms with Gasteiger partial charge >= 0.3 is 0 Å². The van der Waals surface area contributed by atoms with Gasteiger partial charge in [-0.15, -0.1) is 0 Å². The van der Waals surface area contributed by atoms with E-state index in [1.165, 1.54) is 6.20 Å². The molecule has 6 heteroatoms. The molecule has 0 saturated heterocycles. The van der Waals surface area contributed by atoms with Crippen molar-refractivity contribution in [1.82, 2.24) is 15.5 Å². The Morgan fingerprint density at radius 2 is 2.14 bits per heavy atom. The lowest BCUT2D eigenvalue weighted by Crippen LogP contribution is -2.39. The van der Waals surface area contributed by atoms with E-state index in [0.717, 1.165) is 25.7 Å². The fraction of sp³-hybridized carbons (Fsp3) is 0.438. The van der Waals surface area contributed by atoms with E-state index in [2.05, 4.69) is 15.5 Å². The van der Waals surface area contributed by atoms with Crippen molar-refractivity contribution in [2.45, 2.75) is 44.8 Å².